The molecule has 0 aliphatic carbocycles. The van der Waals surface area contributed by atoms with Crippen LogP contribution in [0.5, 0.6) is 5.75 Å². The molecule has 19 heavy (non-hydrogen) atoms. The van der Waals surface area contributed by atoms with Crippen molar-refractivity contribution in [1.29, 1.82) is 0 Å². The molecule has 0 heterocycles. The Balaban J connectivity index is 1.82. The molecule has 0 spiro atoms. The maximum atomic E-state index is 13.4. The van der Waals surface area contributed by atoms with Crippen molar-refractivity contribution in [2.75, 3.05) is 18.5 Å². The summed E-state index contributed by atoms with van der Waals surface area (Å²) < 4.78 is 19.9. The Hall–Kier alpha value is -1.26. The van der Waals surface area contributed by atoms with E-state index in [-0.39, 0.29) is 5.82 Å². The second-order valence-corrected chi connectivity index (χ2v) is 5.21. The summed E-state index contributed by atoms with van der Waals surface area (Å²) in [5, 5.41) is 3.44. The quantitative estimate of drug-likeness (QED) is 0.792. The van der Waals surface area contributed by atoms with Crippen molar-refractivity contribution in [2.45, 2.75) is 0 Å². The molecule has 0 saturated heterocycles. The molecule has 0 radical (unpaired) electrons. The number of ether oxygens (including phenoxy) is 1. The summed E-state index contributed by atoms with van der Waals surface area (Å²) in [5.74, 6) is 0.439. The molecular weight excluding hydrogens is 333 g/mol. The van der Waals surface area contributed by atoms with Crippen LogP contribution in [0.25, 0.3) is 0 Å². The molecule has 2 aromatic carbocycles. The number of rotatable bonds is 5. The molecule has 1 N–H and O–H groups in total. The van der Waals surface area contributed by atoms with Crippen LogP contribution >= 0.6 is 27.5 Å². The molecule has 0 amide bonds. The largest absolute Gasteiger partial charge is 0.492 e. The second-order valence-electron chi connectivity index (χ2n) is 3.86. The molecule has 0 unspecified atom stereocenters. The Bertz CT molecular complexity index is 565. The monoisotopic (exact) mass is 343 g/mol. The molecule has 0 aromatic heterocycles. The Kier molecular flexibility index (Phi) is 5.05. The molecular formula is C14H12BrClFNO. The van der Waals surface area contributed by atoms with Crippen molar-refractivity contribution in [3.8, 4) is 5.75 Å². The standard InChI is InChI=1S/C14H12BrClFNO/c15-10-2-1-3-12(8-10)19-7-6-18-14-9-11(16)4-5-13(14)17/h1-5,8-9,18H,6-7H2. The van der Waals surface area contributed by atoms with Crippen molar-refractivity contribution in [3.63, 3.8) is 0 Å². The molecule has 0 aliphatic heterocycles. The van der Waals surface area contributed by atoms with Gasteiger partial charge in [0, 0.05) is 16.0 Å². The summed E-state index contributed by atoms with van der Waals surface area (Å²) >= 11 is 9.17. The van der Waals surface area contributed by atoms with Gasteiger partial charge in [-0.3, -0.25) is 0 Å². The Morgan fingerprint density at radius 2 is 2.05 bits per heavy atom. The first kappa shape index (κ1) is 14.2. The predicted octanol–water partition coefficient (Wildman–Crippen LogP) is 4.73. The fourth-order valence-electron chi connectivity index (χ4n) is 1.54. The molecule has 2 nitrogen and oxygen atoms in total. The van der Waals surface area contributed by atoms with E-state index in [4.69, 9.17) is 16.3 Å². The third-order valence-corrected chi connectivity index (χ3v) is 3.14. The number of anilines is 1. The van der Waals surface area contributed by atoms with Crippen molar-refractivity contribution in [2.24, 2.45) is 0 Å². The van der Waals surface area contributed by atoms with E-state index in [1.54, 1.807) is 6.07 Å². The summed E-state index contributed by atoms with van der Waals surface area (Å²) in [7, 11) is 0. The van der Waals surface area contributed by atoms with Gasteiger partial charge in [-0.25, -0.2) is 4.39 Å². The number of hydrogen-bond donors (Lipinski definition) is 1. The highest BCUT2D eigenvalue weighted by Gasteiger charge is 2.02. The summed E-state index contributed by atoms with van der Waals surface area (Å²) in [5.41, 5.74) is 0.380. The van der Waals surface area contributed by atoms with Crippen LogP contribution in [0.15, 0.2) is 46.9 Å². The van der Waals surface area contributed by atoms with Crippen LogP contribution in [0.2, 0.25) is 5.02 Å². The van der Waals surface area contributed by atoms with Gasteiger partial charge in [0.05, 0.1) is 5.69 Å². The van der Waals surface area contributed by atoms with E-state index in [2.05, 4.69) is 21.2 Å². The zero-order chi connectivity index (χ0) is 13.7. The number of halogens is 3. The van der Waals surface area contributed by atoms with E-state index in [1.807, 2.05) is 24.3 Å². The molecule has 5 heteroatoms. The van der Waals surface area contributed by atoms with E-state index in [0.29, 0.717) is 23.9 Å². The van der Waals surface area contributed by atoms with Gasteiger partial charge in [-0.2, -0.15) is 0 Å². The molecule has 0 fully saturated rings. The highest BCUT2D eigenvalue weighted by atomic mass is 79.9. The van der Waals surface area contributed by atoms with Gasteiger partial charge >= 0.3 is 0 Å². The van der Waals surface area contributed by atoms with Crippen LogP contribution in [-0.2, 0) is 0 Å². The van der Waals surface area contributed by atoms with E-state index >= 15 is 0 Å². The highest BCUT2D eigenvalue weighted by Crippen LogP contribution is 2.20. The average molecular weight is 345 g/mol. The number of benzene rings is 2. The normalized spacial score (nSPS) is 10.3. The fourth-order valence-corrected chi connectivity index (χ4v) is 2.09. The second kappa shape index (κ2) is 6.78. The van der Waals surface area contributed by atoms with Crippen LogP contribution in [0.3, 0.4) is 0 Å². The lowest BCUT2D eigenvalue weighted by Gasteiger charge is -2.09. The molecule has 2 aromatic rings. The van der Waals surface area contributed by atoms with Crippen LogP contribution < -0.4 is 10.1 Å². The lowest BCUT2D eigenvalue weighted by Crippen LogP contribution is -2.12. The van der Waals surface area contributed by atoms with Crippen LogP contribution in [0.4, 0.5) is 10.1 Å². The minimum Gasteiger partial charge on any atom is -0.492 e. The summed E-state index contributed by atoms with van der Waals surface area (Å²) in [6.07, 6.45) is 0. The van der Waals surface area contributed by atoms with Gasteiger partial charge in [-0.15, -0.1) is 0 Å². The van der Waals surface area contributed by atoms with Crippen molar-refractivity contribution >= 4 is 33.2 Å². The van der Waals surface area contributed by atoms with Crippen LogP contribution in [0.1, 0.15) is 0 Å². The molecule has 100 valence electrons. The third kappa shape index (κ3) is 4.40. The smallest absolute Gasteiger partial charge is 0.146 e. The molecule has 0 aliphatic rings. The minimum absolute atomic E-state index is 0.327. The first-order valence-corrected chi connectivity index (χ1v) is 6.89. The van der Waals surface area contributed by atoms with Crippen LogP contribution in [-0.4, -0.2) is 13.2 Å². The molecule has 0 saturated carbocycles. The minimum atomic E-state index is -0.327. The lowest BCUT2D eigenvalue weighted by molar-refractivity contribution is 0.332. The first-order valence-electron chi connectivity index (χ1n) is 5.72. The van der Waals surface area contributed by atoms with E-state index in [0.717, 1.165) is 10.2 Å². The zero-order valence-corrected chi connectivity index (χ0v) is 12.3. The van der Waals surface area contributed by atoms with E-state index in [9.17, 15) is 4.39 Å². The predicted molar refractivity (Wildman–Crippen MR) is 79.5 cm³/mol. The first-order chi connectivity index (χ1) is 9.15. The maximum absolute atomic E-state index is 13.4. The Morgan fingerprint density at radius 3 is 2.84 bits per heavy atom. The number of nitrogens with one attached hydrogen (secondary N) is 1. The number of hydrogen-bond acceptors (Lipinski definition) is 2. The van der Waals surface area contributed by atoms with Gasteiger partial charge < -0.3 is 10.1 Å². The molecule has 0 bridgehead atoms. The van der Waals surface area contributed by atoms with Crippen molar-refractivity contribution < 1.29 is 9.13 Å². The van der Waals surface area contributed by atoms with Gasteiger partial charge in [0.15, 0.2) is 0 Å². The molecule has 2 rings (SSSR count). The van der Waals surface area contributed by atoms with Crippen molar-refractivity contribution in [1.82, 2.24) is 0 Å². The lowest BCUT2D eigenvalue weighted by atomic mass is 10.3. The summed E-state index contributed by atoms with van der Waals surface area (Å²) in [6.45, 7) is 0.923. The Labute approximate surface area is 124 Å². The van der Waals surface area contributed by atoms with Gasteiger partial charge in [0.25, 0.3) is 0 Å². The maximum Gasteiger partial charge on any atom is 0.146 e. The van der Waals surface area contributed by atoms with E-state index < -0.39 is 0 Å². The van der Waals surface area contributed by atoms with Crippen molar-refractivity contribution in [3.05, 3.63) is 57.8 Å². The van der Waals surface area contributed by atoms with Gasteiger partial charge in [0.1, 0.15) is 18.2 Å². The highest BCUT2D eigenvalue weighted by molar-refractivity contribution is 9.10. The Morgan fingerprint density at radius 1 is 1.21 bits per heavy atom. The van der Waals surface area contributed by atoms with E-state index in [1.165, 1.54) is 12.1 Å². The van der Waals surface area contributed by atoms with Gasteiger partial charge in [-0.1, -0.05) is 33.6 Å². The SMILES string of the molecule is Fc1ccc(Cl)cc1NCCOc1cccc(Br)c1. The average Bonchev–Trinajstić information content (AvgIpc) is 2.39. The topological polar surface area (TPSA) is 21.3 Å². The van der Waals surface area contributed by atoms with Crippen LogP contribution in [0, 0.1) is 5.82 Å². The zero-order valence-electron chi connectivity index (χ0n) is 10.00. The summed E-state index contributed by atoms with van der Waals surface area (Å²) in [4.78, 5) is 0. The molecule has 0 atom stereocenters. The summed E-state index contributed by atoms with van der Waals surface area (Å²) in [6, 6.07) is 12.0. The van der Waals surface area contributed by atoms with Gasteiger partial charge in [-0.05, 0) is 36.4 Å². The fraction of sp³-hybridized carbons (Fsp3) is 0.143. The van der Waals surface area contributed by atoms with Gasteiger partial charge in [0.2, 0.25) is 0 Å². The third-order valence-electron chi connectivity index (χ3n) is 2.41.